The van der Waals surface area contributed by atoms with Gasteiger partial charge in [-0.2, -0.15) is 0 Å². The minimum Gasteiger partial charge on any atom is -0.508 e. The lowest BCUT2D eigenvalue weighted by molar-refractivity contribution is -0.0735. The average molecular weight is 379 g/mol. The Morgan fingerprint density at radius 1 is 1.07 bits per heavy atom. The number of benzene rings is 2. The Morgan fingerprint density at radius 2 is 1.89 bits per heavy atom. The van der Waals surface area contributed by atoms with Crippen molar-refractivity contribution in [2.24, 2.45) is 5.41 Å². The van der Waals surface area contributed by atoms with Crippen LogP contribution in [-0.2, 0) is 11.8 Å². The Bertz CT molecular complexity index is 927. The molecule has 28 heavy (non-hydrogen) atoms. The summed E-state index contributed by atoms with van der Waals surface area (Å²) in [7, 11) is 2.28. The Morgan fingerprint density at radius 3 is 2.71 bits per heavy atom. The number of piperidine rings is 1. The molecule has 3 atom stereocenters. The topological polar surface area (TPSA) is 55.7 Å². The zero-order valence-corrected chi connectivity index (χ0v) is 16.8. The van der Waals surface area contributed by atoms with Crippen molar-refractivity contribution in [3.05, 3.63) is 47.5 Å². The molecule has 2 bridgehead atoms. The summed E-state index contributed by atoms with van der Waals surface area (Å²) >= 11 is 0. The van der Waals surface area contributed by atoms with Crippen LogP contribution in [0.25, 0.3) is 0 Å². The summed E-state index contributed by atoms with van der Waals surface area (Å²) in [5, 5.41) is 23.9. The lowest BCUT2D eigenvalue weighted by Crippen LogP contribution is -2.66. The number of aromatic hydroxyl groups is 2. The lowest BCUT2D eigenvalue weighted by Gasteiger charge is -2.65. The first-order valence-corrected chi connectivity index (χ1v) is 10.6. The van der Waals surface area contributed by atoms with Crippen LogP contribution >= 0.6 is 0 Å². The molecular formula is C24H30N2O2. The predicted molar refractivity (Wildman–Crippen MR) is 112 cm³/mol. The van der Waals surface area contributed by atoms with Gasteiger partial charge in [-0.1, -0.05) is 25.8 Å². The number of likely N-dealkylation sites (N-methyl/N-ethyl adjacent to an activating group) is 1. The van der Waals surface area contributed by atoms with E-state index in [1.807, 2.05) is 12.1 Å². The SMILES string of the molecule is CN1CC[C@@]23CCCC[C@]2(C)[C@@H]1Cc1cc(Nc2cccc(O)c2)c(O)cc13. The number of anilines is 2. The van der Waals surface area contributed by atoms with Gasteiger partial charge in [-0.3, -0.25) is 0 Å². The van der Waals surface area contributed by atoms with Gasteiger partial charge in [0, 0.05) is 23.2 Å². The molecule has 2 aromatic carbocycles. The number of nitrogens with zero attached hydrogens (tertiary/aromatic N) is 1. The molecule has 4 nitrogen and oxygen atoms in total. The first-order chi connectivity index (χ1) is 13.4. The maximum absolute atomic E-state index is 10.9. The largest absolute Gasteiger partial charge is 0.508 e. The van der Waals surface area contributed by atoms with Crippen molar-refractivity contribution >= 4 is 11.4 Å². The summed E-state index contributed by atoms with van der Waals surface area (Å²) in [6.45, 7) is 3.65. The van der Waals surface area contributed by atoms with Crippen molar-refractivity contribution in [3.8, 4) is 11.5 Å². The van der Waals surface area contributed by atoms with Gasteiger partial charge in [0.2, 0.25) is 0 Å². The van der Waals surface area contributed by atoms with E-state index in [2.05, 4.69) is 30.3 Å². The maximum Gasteiger partial charge on any atom is 0.139 e. The maximum atomic E-state index is 10.9. The van der Waals surface area contributed by atoms with Crippen LogP contribution in [0.5, 0.6) is 11.5 Å². The summed E-state index contributed by atoms with van der Waals surface area (Å²) in [5.41, 5.74) is 4.74. The van der Waals surface area contributed by atoms with E-state index in [1.165, 1.54) is 43.2 Å². The molecule has 0 spiro atoms. The monoisotopic (exact) mass is 378 g/mol. The zero-order valence-electron chi connectivity index (χ0n) is 16.8. The molecule has 2 aliphatic carbocycles. The first kappa shape index (κ1) is 17.9. The summed E-state index contributed by atoms with van der Waals surface area (Å²) in [6.07, 6.45) is 7.35. The minimum absolute atomic E-state index is 0.192. The van der Waals surface area contributed by atoms with Crippen LogP contribution in [0.4, 0.5) is 11.4 Å². The Labute approximate surface area is 167 Å². The van der Waals surface area contributed by atoms with Crippen LogP contribution in [0.15, 0.2) is 36.4 Å². The second-order valence-corrected chi connectivity index (χ2v) is 9.36. The fourth-order valence-electron chi connectivity index (χ4n) is 6.60. The normalized spacial score (nSPS) is 31.7. The molecule has 1 aliphatic heterocycles. The highest BCUT2D eigenvalue weighted by molar-refractivity contribution is 5.69. The van der Waals surface area contributed by atoms with Crippen LogP contribution in [0.1, 0.15) is 50.2 Å². The van der Waals surface area contributed by atoms with E-state index in [4.69, 9.17) is 0 Å². The lowest BCUT2D eigenvalue weighted by atomic mass is 9.45. The Hall–Kier alpha value is -2.20. The molecule has 2 aromatic rings. The summed E-state index contributed by atoms with van der Waals surface area (Å²) in [4.78, 5) is 2.57. The van der Waals surface area contributed by atoms with E-state index in [9.17, 15) is 10.2 Å². The van der Waals surface area contributed by atoms with Gasteiger partial charge in [0.1, 0.15) is 11.5 Å². The van der Waals surface area contributed by atoms with Crippen LogP contribution in [0, 0.1) is 5.41 Å². The highest BCUT2D eigenvalue weighted by Gasteiger charge is 2.60. The molecule has 0 aromatic heterocycles. The third-order valence-corrected chi connectivity index (χ3v) is 8.08. The molecule has 1 heterocycles. The number of nitrogens with one attached hydrogen (secondary N) is 1. The fraction of sp³-hybridized carbons (Fsp3) is 0.500. The van der Waals surface area contributed by atoms with E-state index >= 15 is 0 Å². The molecule has 4 heteroatoms. The van der Waals surface area contributed by atoms with Gasteiger partial charge < -0.3 is 20.4 Å². The van der Waals surface area contributed by atoms with E-state index in [1.54, 1.807) is 18.2 Å². The third-order valence-electron chi connectivity index (χ3n) is 8.08. The summed E-state index contributed by atoms with van der Waals surface area (Å²) in [6, 6.07) is 11.8. The number of fused-ring (bicyclic) bond motifs is 1. The minimum atomic E-state index is 0.192. The molecule has 1 saturated carbocycles. The fourth-order valence-corrected chi connectivity index (χ4v) is 6.60. The van der Waals surface area contributed by atoms with Crippen LogP contribution in [-0.4, -0.2) is 34.7 Å². The van der Waals surface area contributed by atoms with Gasteiger partial charge in [0.05, 0.1) is 5.69 Å². The molecule has 1 saturated heterocycles. The summed E-state index contributed by atoms with van der Waals surface area (Å²) < 4.78 is 0. The standard InChI is InChI=1S/C24H30N2O2/c1-23-8-3-4-9-24(23)10-11-26(2)22(23)13-16-12-20(21(28)15-19(16)24)25-17-6-5-7-18(27)14-17/h5-7,12,14-15,22,25,27-28H,3-4,8-11,13H2,1-2H3/t22-,23+,24+/m0/s1. The molecular weight excluding hydrogens is 348 g/mol. The smallest absolute Gasteiger partial charge is 0.139 e. The molecule has 0 radical (unpaired) electrons. The van der Waals surface area contributed by atoms with Crippen LogP contribution in [0.3, 0.4) is 0 Å². The highest BCUT2D eigenvalue weighted by atomic mass is 16.3. The van der Waals surface area contributed by atoms with Crippen molar-refractivity contribution in [3.63, 3.8) is 0 Å². The number of rotatable bonds is 2. The number of hydrogen-bond donors (Lipinski definition) is 3. The second kappa shape index (κ2) is 6.15. The van der Waals surface area contributed by atoms with Gasteiger partial charge in [0.25, 0.3) is 0 Å². The van der Waals surface area contributed by atoms with E-state index in [0.717, 1.165) is 24.3 Å². The molecule has 148 valence electrons. The van der Waals surface area contributed by atoms with Crippen LogP contribution < -0.4 is 5.32 Å². The third kappa shape index (κ3) is 2.40. The zero-order chi connectivity index (χ0) is 19.5. The van der Waals surface area contributed by atoms with Gasteiger partial charge in [-0.05, 0) is 80.1 Å². The molecule has 5 rings (SSSR count). The van der Waals surface area contributed by atoms with Crippen molar-refractivity contribution in [2.75, 3.05) is 18.9 Å². The number of hydrogen-bond acceptors (Lipinski definition) is 4. The van der Waals surface area contributed by atoms with E-state index in [0.29, 0.717) is 11.8 Å². The number of phenols is 2. The highest BCUT2D eigenvalue weighted by Crippen LogP contribution is 2.63. The van der Waals surface area contributed by atoms with Crippen molar-refractivity contribution in [1.82, 2.24) is 4.90 Å². The van der Waals surface area contributed by atoms with Crippen molar-refractivity contribution in [1.29, 1.82) is 0 Å². The molecule has 0 unspecified atom stereocenters. The Kier molecular flexibility index (Phi) is 3.92. The number of likely N-dealkylation sites (tertiary alicyclic amines) is 1. The van der Waals surface area contributed by atoms with E-state index < -0.39 is 0 Å². The quantitative estimate of drug-likeness (QED) is 0.649. The van der Waals surface area contributed by atoms with Gasteiger partial charge in [0.15, 0.2) is 0 Å². The molecule has 3 aliphatic rings. The average Bonchev–Trinajstić information content (AvgIpc) is 2.66. The molecule has 2 fully saturated rings. The van der Waals surface area contributed by atoms with E-state index in [-0.39, 0.29) is 16.6 Å². The summed E-state index contributed by atoms with van der Waals surface area (Å²) in [5.74, 6) is 0.525. The van der Waals surface area contributed by atoms with Gasteiger partial charge in [-0.25, -0.2) is 0 Å². The van der Waals surface area contributed by atoms with Gasteiger partial charge >= 0.3 is 0 Å². The first-order valence-electron chi connectivity index (χ1n) is 10.6. The Balaban J connectivity index is 1.61. The molecule has 3 N–H and O–H groups in total. The number of phenolic OH excluding ortho intramolecular Hbond substituents is 2. The second-order valence-electron chi connectivity index (χ2n) is 9.36. The van der Waals surface area contributed by atoms with Gasteiger partial charge in [-0.15, -0.1) is 0 Å². The van der Waals surface area contributed by atoms with Crippen LogP contribution in [0.2, 0.25) is 0 Å². The van der Waals surface area contributed by atoms with Crippen molar-refractivity contribution < 1.29 is 10.2 Å². The van der Waals surface area contributed by atoms with Crippen molar-refractivity contribution in [2.45, 2.75) is 56.9 Å². The molecule has 0 amide bonds. The predicted octanol–water partition coefficient (Wildman–Crippen LogP) is 4.92.